The van der Waals surface area contributed by atoms with E-state index in [4.69, 9.17) is 16.3 Å². The van der Waals surface area contributed by atoms with Crippen molar-refractivity contribution in [2.75, 3.05) is 43.5 Å². The minimum Gasteiger partial charge on any atom is -0.465 e. The van der Waals surface area contributed by atoms with Gasteiger partial charge in [0.15, 0.2) is 0 Å². The van der Waals surface area contributed by atoms with Crippen molar-refractivity contribution in [1.29, 1.82) is 0 Å². The number of aromatic nitrogens is 3. The Hall–Kier alpha value is -3.43. The van der Waals surface area contributed by atoms with Gasteiger partial charge in [-0.05, 0) is 49.4 Å². The number of piperazine rings is 1. The van der Waals surface area contributed by atoms with Crippen LogP contribution in [0.4, 0.5) is 11.4 Å². The van der Waals surface area contributed by atoms with Crippen LogP contribution in [0.1, 0.15) is 17.3 Å². The molecular formula is C23H25ClN6O3. The van der Waals surface area contributed by atoms with Gasteiger partial charge in [0.05, 0.1) is 30.6 Å². The van der Waals surface area contributed by atoms with E-state index in [0.29, 0.717) is 22.0 Å². The molecule has 1 aliphatic rings. The number of methoxy groups -OCH3 is 1. The Kier molecular flexibility index (Phi) is 6.90. The van der Waals surface area contributed by atoms with Crippen molar-refractivity contribution in [1.82, 2.24) is 19.7 Å². The maximum atomic E-state index is 12.8. The molecule has 2 heterocycles. The second kappa shape index (κ2) is 10.0. The molecule has 9 nitrogen and oxygen atoms in total. The van der Waals surface area contributed by atoms with Gasteiger partial charge in [-0.1, -0.05) is 11.6 Å². The number of halogens is 1. The first-order chi connectivity index (χ1) is 15.9. The van der Waals surface area contributed by atoms with Crippen molar-refractivity contribution in [2.24, 2.45) is 0 Å². The number of rotatable bonds is 6. The van der Waals surface area contributed by atoms with Crippen LogP contribution in [0.15, 0.2) is 55.1 Å². The minimum absolute atomic E-state index is 0.124. The average molecular weight is 469 g/mol. The van der Waals surface area contributed by atoms with Crippen LogP contribution in [-0.2, 0) is 9.53 Å². The number of benzene rings is 2. The lowest BCUT2D eigenvalue weighted by molar-refractivity contribution is -0.117. The predicted molar refractivity (Wildman–Crippen MR) is 126 cm³/mol. The molecule has 0 aliphatic carbocycles. The van der Waals surface area contributed by atoms with E-state index < -0.39 is 0 Å². The van der Waals surface area contributed by atoms with Gasteiger partial charge in [0, 0.05) is 36.4 Å². The summed E-state index contributed by atoms with van der Waals surface area (Å²) < 4.78 is 6.34. The van der Waals surface area contributed by atoms with Crippen molar-refractivity contribution in [3.05, 3.63) is 65.7 Å². The van der Waals surface area contributed by atoms with Crippen LogP contribution in [0, 0.1) is 0 Å². The van der Waals surface area contributed by atoms with Gasteiger partial charge in [0.25, 0.3) is 0 Å². The molecular weight excluding hydrogens is 444 g/mol. The fourth-order valence-electron chi connectivity index (χ4n) is 3.91. The second-order valence-electron chi connectivity index (χ2n) is 7.85. The molecule has 4 rings (SSSR count). The lowest BCUT2D eigenvalue weighted by Crippen LogP contribution is -2.53. The Bertz CT molecular complexity index is 1120. The van der Waals surface area contributed by atoms with E-state index in [1.54, 1.807) is 41.3 Å². The largest absolute Gasteiger partial charge is 0.465 e. The quantitative estimate of drug-likeness (QED) is 0.556. The molecule has 0 spiro atoms. The standard InChI is InChI=1S/C23H25ClN6O3/c1-16-12-29(19-6-3-17(4-7-19)23(32)33-2)10-9-28(16)13-22(31)27-20-11-18(24)5-8-21(20)30-15-25-14-26-30/h3-8,11,14-16H,9-10,12-13H2,1-2H3,(H,27,31). The lowest BCUT2D eigenvalue weighted by Gasteiger charge is -2.40. The third kappa shape index (κ3) is 5.32. The number of carbonyl (C=O) groups excluding carboxylic acids is 2. The Labute approximate surface area is 196 Å². The molecule has 33 heavy (non-hydrogen) atoms. The van der Waals surface area contributed by atoms with Crippen LogP contribution >= 0.6 is 11.6 Å². The highest BCUT2D eigenvalue weighted by atomic mass is 35.5. The summed E-state index contributed by atoms with van der Waals surface area (Å²) in [4.78, 5) is 32.8. The number of nitrogens with one attached hydrogen (secondary N) is 1. The van der Waals surface area contributed by atoms with E-state index in [0.717, 1.165) is 25.3 Å². The summed E-state index contributed by atoms with van der Waals surface area (Å²) in [5.41, 5.74) is 2.83. The van der Waals surface area contributed by atoms with E-state index in [-0.39, 0.29) is 24.5 Å². The van der Waals surface area contributed by atoms with Gasteiger partial charge in [-0.15, -0.1) is 0 Å². The first-order valence-electron chi connectivity index (χ1n) is 10.6. The summed E-state index contributed by atoms with van der Waals surface area (Å²) in [5.74, 6) is -0.473. The van der Waals surface area contributed by atoms with Crippen LogP contribution in [0.2, 0.25) is 5.02 Å². The molecule has 0 radical (unpaired) electrons. The number of nitrogens with zero attached hydrogens (tertiary/aromatic N) is 5. The van der Waals surface area contributed by atoms with Crippen LogP contribution in [0.25, 0.3) is 5.69 Å². The molecule has 1 aliphatic heterocycles. The highest BCUT2D eigenvalue weighted by molar-refractivity contribution is 6.31. The molecule has 1 atom stereocenters. The Morgan fingerprint density at radius 2 is 1.97 bits per heavy atom. The SMILES string of the molecule is COC(=O)c1ccc(N2CCN(CC(=O)Nc3cc(Cl)ccc3-n3cncn3)C(C)C2)cc1. The molecule has 1 aromatic heterocycles. The van der Waals surface area contributed by atoms with Crippen LogP contribution in [0.3, 0.4) is 0 Å². The molecule has 1 fully saturated rings. The summed E-state index contributed by atoms with van der Waals surface area (Å²) in [6, 6.07) is 12.8. The third-order valence-electron chi connectivity index (χ3n) is 5.66. The maximum absolute atomic E-state index is 12.8. The van der Waals surface area contributed by atoms with Crippen molar-refractivity contribution in [3.63, 3.8) is 0 Å². The number of ether oxygens (including phenoxy) is 1. The highest BCUT2D eigenvalue weighted by Gasteiger charge is 2.26. The monoisotopic (exact) mass is 468 g/mol. The molecule has 3 aromatic rings. The van der Waals surface area contributed by atoms with Gasteiger partial charge in [-0.3, -0.25) is 9.69 Å². The van der Waals surface area contributed by atoms with Gasteiger partial charge >= 0.3 is 5.97 Å². The van der Waals surface area contributed by atoms with Gasteiger partial charge < -0.3 is 15.0 Å². The first kappa shape index (κ1) is 22.8. The zero-order chi connectivity index (χ0) is 23.4. The number of amides is 1. The molecule has 0 saturated carbocycles. The van der Waals surface area contributed by atoms with Gasteiger partial charge in [0.1, 0.15) is 12.7 Å². The lowest BCUT2D eigenvalue weighted by atomic mass is 10.1. The molecule has 10 heteroatoms. The van der Waals surface area contributed by atoms with Crippen molar-refractivity contribution < 1.29 is 14.3 Å². The summed E-state index contributed by atoms with van der Waals surface area (Å²) in [6.45, 7) is 4.64. The predicted octanol–water partition coefficient (Wildman–Crippen LogP) is 2.86. The third-order valence-corrected chi connectivity index (χ3v) is 5.90. The fraction of sp³-hybridized carbons (Fsp3) is 0.304. The second-order valence-corrected chi connectivity index (χ2v) is 8.29. The highest BCUT2D eigenvalue weighted by Crippen LogP contribution is 2.24. The zero-order valence-electron chi connectivity index (χ0n) is 18.4. The summed E-state index contributed by atoms with van der Waals surface area (Å²) >= 11 is 6.15. The van der Waals surface area contributed by atoms with E-state index in [2.05, 4.69) is 32.1 Å². The van der Waals surface area contributed by atoms with E-state index in [1.807, 2.05) is 12.1 Å². The molecule has 0 bridgehead atoms. The average Bonchev–Trinajstić information content (AvgIpc) is 3.35. The maximum Gasteiger partial charge on any atom is 0.337 e. The van der Waals surface area contributed by atoms with E-state index in [9.17, 15) is 9.59 Å². The number of esters is 1. The Morgan fingerprint density at radius 1 is 1.18 bits per heavy atom. The van der Waals surface area contributed by atoms with Crippen LogP contribution in [0.5, 0.6) is 0 Å². The number of hydrogen-bond donors (Lipinski definition) is 1. The van der Waals surface area contributed by atoms with Gasteiger partial charge in [-0.2, -0.15) is 5.10 Å². The topological polar surface area (TPSA) is 92.6 Å². The normalized spacial score (nSPS) is 16.5. The van der Waals surface area contributed by atoms with Gasteiger partial charge in [-0.25, -0.2) is 14.5 Å². The Balaban J connectivity index is 1.37. The van der Waals surface area contributed by atoms with Crippen LogP contribution in [-0.4, -0.2) is 70.9 Å². The summed E-state index contributed by atoms with van der Waals surface area (Å²) in [5, 5.41) is 7.62. The molecule has 1 N–H and O–H groups in total. The fourth-order valence-corrected chi connectivity index (χ4v) is 4.08. The first-order valence-corrected chi connectivity index (χ1v) is 10.9. The summed E-state index contributed by atoms with van der Waals surface area (Å²) in [6.07, 6.45) is 3.00. The molecule has 172 valence electrons. The van der Waals surface area contributed by atoms with Crippen LogP contribution < -0.4 is 10.2 Å². The Morgan fingerprint density at radius 3 is 2.64 bits per heavy atom. The van der Waals surface area contributed by atoms with E-state index in [1.165, 1.54) is 13.4 Å². The van der Waals surface area contributed by atoms with Crippen molar-refractivity contribution >= 4 is 34.9 Å². The molecule has 1 unspecified atom stereocenters. The van der Waals surface area contributed by atoms with E-state index >= 15 is 0 Å². The number of carbonyl (C=O) groups is 2. The summed E-state index contributed by atoms with van der Waals surface area (Å²) in [7, 11) is 1.37. The number of hydrogen-bond acceptors (Lipinski definition) is 7. The smallest absolute Gasteiger partial charge is 0.337 e. The number of anilines is 2. The molecule has 1 saturated heterocycles. The minimum atomic E-state index is -0.350. The molecule has 1 amide bonds. The van der Waals surface area contributed by atoms with Gasteiger partial charge in [0.2, 0.25) is 5.91 Å². The van der Waals surface area contributed by atoms with Crippen molar-refractivity contribution in [3.8, 4) is 5.69 Å². The van der Waals surface area contributed by atoms with Crippen molar-refractivity contribution in [2.45, 2.75) is 13.0 Å². The molecule has 2 aromatic carbocycles. The zero-order valence-corrected chi connectivity index (χ0v) is 19.2.